The van der Waals surface area contributed by atoms with Gasteiger partial charge in [0.05, 0.1) is 6.10 Å². The van der Waals surface area contributed by atoms with Crippen molar-refractivity contribution >= 4 is 5.91 Å². The zero-order valence-corrected chi connectivity index (χ0v) is 11.2. The monoisotopic (exact) mass is 282 g/mol. The Morgan fingerprint density at radius 3 is 2.47 bits per heavy atom. The number of hydrogen-bond donors (Lipinski definition) is 1. The summed E-state index contributed by atoms with van der Waals surface area (Å²) in [5.74, 6) is -0.611. The van der Waals surface area contributed by atoms with E-state index >= 15 is 0 Å². The second-order valence-electron chi connectivity index (χ2n) is 5.29. The first-order chi connectivity index (χ1) is 8.73. The van der Waals surface area contributed by atoms with Crippen LogP contribution < -0.4 is 5.73 Å². The molecule has 1 fully saturated rings. The van der Waals surface area contributed by atoms with E-state index < -0.39 is 24.7 Å². The molecular weight excluding hydrogens is 261 g/mol. The number of amides is 1. The van der Waals surface area contributed by atoms with Crippen molar-refractivity contribution in [3.05, 3.63) is 0 Å². The van der Waals surface area contributed by atoms with Gasteiger partial charge in [0.2, 0.25) is 0 Å². The number of ether oxygens (including phenoxy) is 1. The van der Waals surface area contributed by atoms with Gasteiger partial charge in [0.1, 0.15) is 12.6 Å². The summed E-state index contributed by atoms with van der Waals surface area (Å²) < 4.78 is 42.8. The number of nitrogens with zero attached hydrogens (tertiary/aromatic N) is 1. The fourth-order valence-electron chi connectivity index (χ4n) is 2.15. The van der Waals surface area contributed by atoms with Crippen LogP contribution in [-0.4, -0.2) is 48.8 Å². The Balaban J connectivity index is 2.66. The first-order valence-electron chi connectivity index (χ1n) is 6.44. The Morgan fingerprint density at radius 1 is 1.42 bits per heavy atom. The van der Waals surface area contributed by atoms with Gasteiger partial charge in [0.15, 0.2) is 0 Å². The van der Waals surface area contributed by atoms with Gasteiger partial charge >= 0.3 is 6.18 Å². The SMILES string of the molecule is CC(C)CN(CC(F)(F)F)C(=O)C1CCC(CN)O1. The third kappa shape index (κ3) is 5.36. The molecule has 1 aliphatic rings. The number of halogens is 3. The summed E-state index contributed by atoms with van der Waals surface area (Å²) in [6, 6.07) is 0. The van der Waals surface area contributed by atoms with Crippen LogP contribution >= 0.6 is 0 Å². The third-order valence-corrected chi connectivity index (χ3v) is 2.91. The van der Waals surface area contributed by atoms with Gasteiger partial charge in [-0.05, 0) is 18.8 Å². The minimum absolute atomic E-state index is 0.0296. The Labute approximate surface area is 111 Å². The van der Waals surface area contributed by atoms with E-state index in [2.05, 4.69) is 0 Å². The second kappa shape index (κ2) is 6.56. The molecule has 0 aromatic carbocycles. The molecule has 1 rings (SSSR count). The fourth-order valence-corrected chi connectivity index (χ4v) is 2.15. The maximum atomic E-state index is 12.5. The Hall–Kier alpha value is -0.820. The number of hydrogen-bond acceptors (Lipinski definition) is 3. The molecule has 1 aliphatic heterocycles. The summed E-state index contributed by atoms with van der Waals surface area (Å²) in [6.07, 6.45) is -4.34. The molecule has 7 heteroatoms. The zero-order chi connectivity index (χ0) is 14.6. The maximum Gasteiger partial charge on any atom is 0.406 e. The molecule has 2 N–H and O–H groups in total. The van der Waals surface area contributed by atoms with E-state index in [1.54, 1.807) is 13.8 Å². The molecular formula is C12H21F3N2O2. The number of rotatable bonds is 5. The van der Waals surface area contributed by atoms with Gasteiger partial charge in [-0.15, -0.1) is 0 Å². The smallest absolute Gasteiger partial charge is 0.364 e. The second-order valence-corrected chi connectivity index (χ2v) is 5.29. The standard InChI is InChI=1S/C12H21F3N2O2/c1-8(2)6-17(7-12(13,14)15)11(18)10-4-3-9(5-16)19-10/h8-10H,3-7,16H2,1-2H3. The summed E-state index contributed by atoms with van der Waals surface area (Å²) in [4.78, 5) is 12.9. The molecule has 112 valence electrons. The molecule has 0 spiro atoms. The van der Waals surface area contributed by atoms with Crippen LogP contribution in [0, 0.1) is 5.92 Å². The average Bonchev–Trinajstić information content (AvgIpc) is 2.73. The first-order valence-corrected chi connectivity index (χ1v) is 6.44. The van der Waals surface area contributed by atoms with Gasteiger partial charge in [-0.25, -0.2) is 0 Å². The summed E-state index contributed by atoms with van der Waals surface area (Å²) >= 11 is 0. The Kier molecular flexibility index (Phi) is 5.61. The van der Waals surface area contributed by atoms with Crippen LogP contribution in [0.4, 0.5) is 13.2 Å². The topological polar surface area (TPSA) is 55.6 Å². The molecule has 2 atom stereocenters. The third-order valence-electron chi connectivity index (χ3n) is 2.91. The molecule has 0 aliphatic carbocycles. The normalized spacial score (nSPS) is 23.9. The lowest BCUT2D eigenvalue weighted by Crippen LogP contribution is -2.46. The number of nitrogens with two attached hydrogens (primary N) is 1. The molecule has 0 radical (unpaired) electrons. The van der Waals surface area contributed by atoms with Gasteiger partial charge in [-0.1, -0.05) is 13.8 Å². The molecule has 0 aromatic heterocycles. The number of alkyl halides is 3. The van der Waals surface area contributed by atoms with E-state index in [-0.39, 0.29) is 25.1 Å². The average molecular weight is 282 g/mol. The van der Waals surface area contributed by atoms with E-state index in [0.29, 0.717) is 12.8 Å². The van der Waals surface area contributed by atoms with Crippen LogP contribution in [0.5, 0.6) is 0 Å². The molecule has 0 bridgehead atoms. The van der Waals surface area contributed by atoms with Crippen molar-refractivity contribution in [1.82, 2.24) is 4.90 Å². The van der Waals surface area contributed by atoms with E-state index in [4.69, 9.17) is 10.5 Å². The predicted octanol–water partition coefficient (Wildman–Crippen LogP) is 1.54. The van der Waals surface area contributed by atoms with Crippen molar-refractivity contribution in [2.75, 3.05) is 19.6 Å². The van der Waals surface area contributed by atoms with Crippen molar-refractivity contribution in [2.24, 2.45) is 11.7 Å². The Bertz CT molecular complexity index is 308. The quantitative estimate of drug-likeness (QED) is 0.832. The molecule has 1 heterocycles. The van der Waals surface area contributed by atoms with E-state index in [1.807, 2.05) is 0 Å². The van der Waals surface area contributed by atoms with Crippen molar-refractivity contribution in [2.45, 2.75) is 45.1 Å². The van der Waals surface area contributed by atoms with Crippen LogP contribution in [0.25, 0.3) is 0 Å². The zero-order valence-electron chi connectivity index (χ0n) is 11.2. The highest BCUT2D eigenvalue weighted by Crippen LogP contribution is 2.23. The van der Waals surface area contributed by atoms with E-state index in [1.165, 1.54) is 0 Å². The molecule has 1 amide bonds. The van der Waals surface area contributed by atoms with Crippen LogP contribution in [0.3, 0.4) is 0 Å². The van der Waals surface area contributed by atoms with Crippen molar-refractivity contribution < 1.29 is 22.7 Å². The van der Waals surface area contributed by atoms with E-state index in [0.717, 1.165) is 4.90 Å². The predicted molar refractivity (Wildman–Crippen MR) is 64.4 cm³/mol. The maximum absolute atomic E-state index is 12.5. The van der Waals surface area contributed by atoms with Crippen molar-refractivity contribution in [3.63, 3.8) is 0 Å². The van der Waals surface area contributed by atoms with Crippen LogP contribution in [0.15, 0.2) is 0 Å². The lowest BCUT2D eigenvalue weighted by Gasteiger charge is -2.28. The molecule has 0 aromatic rings. The van der Waals surface area contributed by atoms with Crippen LogP contribution in [0.2, 0.25) is 0 Å². The van der Waals surface area contributed by atoms with Gasteiger partial charge in [-0.3, -0.25) is 4.79 Å². The van der Waals surface area contributed by atoms with Gasteiger partial charge in [0.25, 0.3) is 5.91 Å². The fraction of sp³-hybridized carbons (Fsp3) is 0.917. The highest BCUT2D eigenvalue weighted by Gasteiger charge is 2.38. The lowest BCUT2D eigenvalue weighted by molar-refractivity contribution is -0.168. The van der Waals surface area contributed by atoms with Crippen LogP contribution in [-0.2, 0) is 9.53 Å². The van der Waals surface area contributed by atoms with Gasteiger partial charge in [-0.2, -0.15) is 13.2 Å². The number of carbonyl (C=O) groups is 1. The van der Waals surface area contributed by atoms with E-state index in [9.17, 15) is 18.0 Å². The van der Waals surface area contributed by atoms with Gasteiger partial charge < -0.3 is 15.4 Å². The summed E-state index contributed by atoms with van der Waals surface area (Å²) in [7, 11) is 0. The Morgan fingerprint density at radius 2 is 2.05 bits per heavy atom. The first kappa shape index (κ1) is 16.2. The molecule has 4 nitrogen and oxygen atoms in total. The molecule has 0 saturated carbocycles. The minimum Gasteiger partial charge on any atom is -0.364 e. The molecule has 19 heavy (non-hydrogen) atoms. The number of carbonyl (C=O) groups excluding carboxylic acids is 1. The van der Waals surface area contributed by atoms with Crippen molar-refractivity contribution in [3.8, 4) is 0 Å². The summed E-state index contributed by atoms with van der Waals surface area (Å²) in [5, 5.41) is 0. The minimum atomic E-state index is -4.39. The summed E-state index contributed by atoms with van der Waals surface area (Å²) in [6.45, 7) is 2.68. The largest absolute Gasteiger partial charge is 0.406 e. The van der Waals surface area contributed by atoms with Gasteiger partial charge in [0, 0.05) is 13.1 Å². The highest BCUT2D eigenvalue weighted by atomic mass is 19.4. The molecule has 2 unspecified atom stereocenters. The van der Waals surface area contributed by atoms with Crippen LogP contribution in [0.1, 0.15) is 26.7 Å². The molecule has 1 saturated heterocycles. The van der Waals surface area contributed by atoms with Crippen molar-refractivity contribution in [1.29, 1.82) is 0 Å². The highest BCUT2D eigenvalue weighted by molar-refractivity contribution is 5.81. The lowest BCUT2D eigenvalue weighted by atomic mass is 10.1. The summed E-state index contributed by atoms with van der Waals surface area (Å²) in [5.41, 5.74) is 5.42.